The first-order valence-corrected chi connectivity index (χ1v) is 17.2. The van der Waals surface area contributed by atoms with Crippen LogP contribution in [0.3, 0.4) is 0 Å². The van der Waals surface area contributed by atoms with Gasteiger partial charge in [0.15, 0.2) is 0 Å². The van der Waals surface area contributed by atoms with E-state index in [0.29, 0.717) is 53.5 Å². The van der Waals surface area contributed by atoms with Gasteiger partial charge in [-0.15, -0.1) is 6.58 Å². The Kier molecular flexibility index (Phi) is 9.05. The van der Waals surface area contributed by atoms with Crippen LogP contribution in [0.25, 0.3) is 10.9 Å². The Morgan fingerprint density at radius 1 is 0.957 bits per heavy atom. The van der Waals surface area contributed by atoms with Crippen LogP contribution in [0, 0.1) is 19.7 Å². The summed E-state index contributed by atoms with van der Waals surface area (Å²) in [6.45, 7) is 10.3. The summed E-state index contributed by atoms with van der Waals surface area (Å²) in [7, 11) is -3.99. The molecule has 2 aliphatic heterocycles. The third-order valence-corrected chi connectivity index (χ3v) is 11.4. The molecule has 4 aromatic rings. The summed E-state index contributed by atoms with van der Waals surface area (Å²) in [6, 6.07) is 18.7. The molecule has 2 atom stereocenters. The fourth-order valence-electron chi connectivity index (χ4n) is 6.66. The van der Waals surface area contributed by atoms with Gasteiger partial charge < -0.3 is 14.7 Å². The number of nitrogens with zero attached hydrogens (tertiary/aromatic N) is 5. The zero-order chi connectivity index (χ0) is 32.6. The molecule has 2 aliphatic rings. The minimum atomic E-state index is -3.99. The lowest BCUT2D eigenvalue weighted by Gasteiger charge is -2.45. The van der Waals surface area contributed by atoms with Crippen molar-refractivity contribution in [2.45, 2.75) is 25.1 Å². The number of aryl methyl sites for hydroxylation is 2. The van der Waals surface area contributed by atoms with Gasteiger partial charge in [-0.1, -0.05) is 48.0 Å². The first kappa shape index (κ1) is 32.0. The third-order valence-electron chi connectivity index (χ3n) is 9.06. The van der Waals surface area contributed by atoms with Crippen molar-refractivity contribution in [2.75, 3.05) is 55.6 Å². The summed E-state index contributed by atoms with van der Waals surface area (Å²) >= 11 is 6.28. The molecule has 1 amide bonds. The molecule has 1 aromatic heterocycles. The monoisotopic (exact) mass is 661 g/mol. The Hall–Kier alpha value is -3.99. The third kappa shape index (κ3) is 6.09. The molecular weight excluding hydrogens is 625 g/mol. The van der Waals surface area contributed by atoms with Crippen molar-refractivity contribution in [1.82, 2.24) is 14.2 Å². The van der Waals surface area contributed by atoms with Crippen molar-refractivity contribution in [3.05, 3.63) is 113 Å². The summed E-state index contributed by atoms with van der Waals surface area (Å²) in [5.41, 5.74) is 4.68. The Labute approximate surface area is 274 Å². The van der Waals surface area contributed by atoms with E-state index in [1.807, 2.05) is 59.2 Å². The van der Waals surface area contributed by atoms with E-state index in [1.165, 1.54) is 22.5 Å². The highest BCUT2D eigenvalue weighted by Gasteiger charge is 2.42. The van der Waals surface area contributed by atoms with Crippen molar-refractivity contribution in [2.24, 2.45) is 0 Å². The molecule has 0 radical (unpaired) electrons. The number of hydrogen-bond donors (Lipinski definition) is 0. The zero-order valence-electron chi connectivity index (χ0n) is 25.9. The summed E-state index contributed by atoms with van der Waals surface area (Å²) in [4.78, 5) is 24.8. The molecule has 3 aromatic carbocycles. The van der Waals surface area contributed by atoms with Gasteiger partial charge in [0.25, 0.3) is 0 Å². The van der Waals surface area contributed by atoms with Crippen LogP contribution in [0.15, 0.2) is 85.6 Å². The SMILES string of the molecule is C=CC(c1cccc2cccnc12)S(=O)(=O)N1CCN(c2ccc(F)cc2C)C(C(=O)N2CCN(c3cc(Cl)ccc3C)CC2)C1. The predicted octanol–water partition coefficient (Wildman–Crippen LogP) is 5.74. The number of carbonyl (C=O) groups excluding carboxylic acids is 1. The number of anilines is 2. The molecule has 6 rings (SSSR count). The van der Waals surface area contributed by atoms with E-state index in [4.69, 9.17) is 11.6 Å². The fourth-order valence-corrected chi connectivity index (χ4v) is 8.59. The number of halogens is 2. The van der Waals surface area contributed by atoms with E-state index in [0.717, 1.165) is 16.6 Å². The summed E-state index contributed by atoms with van der Waals surface area (Å²) in [5.74, 6) is -0.525. The first-order valence-electron chi connectivity index (χ1n) is 15.4. The Morgan fingerprint density at radius 2 is 1.72 bits per heavy atom. The molecule has 2 unspecified atom stereocenters. The molecule has 3 heterocycles. The van der Waals surface area contributed by atoms with E-state index in [-0.39, 0.29) is 31.4 Å². The number of para-hydroxylation sites is 1. The molecule has 0 aliphatic carbocycles. The minimum absolute atomic E-state index is 0.0475. The van der Waals surface area contributed by atoms with Crippen molar-refractivity contribution in [3.8, 4) is 0 Å². The van der Waals surface area contributed by atoms with Crippen LogP contribution >= 0.6 is 11.6 Å². The Morgan fingerprint density at radius 3 is 2.46 bits per heavy atom. The number of sulfonamides is 1. The number of hydrogen-bond acceptors (Lipinski definition) is 6. The molecule has 8 nitrogen and oxygen atoms in total. The highest BCUT2D eigenvalue weighted by Crippen LogP contribution is 2.34. The van der Waals surface area contributed by atoms with Gasteiger partial charge in [0.05, 0.1) is 5.52 Å². The maximum Gasteiger partial charge on any atom is 0.246 e. The van der Waals surface area contributed by atoms with Gasteiger partial charge in [0.2, 0.25) is 15.9 Å². The van der Waals surface area contributed by atoms with Gasteiger partial charge in [-0.25, -0.2) is 12.8 Å². The fraction of sp³-hybridized carbons (Fsp3) is 0.314. The van der Waals surface area contributed by atoms with Crippen LogP contribution in [0.1, 0.15) is 21.9 Å². The topological polar surface area (TPSA) is 77.1 Å². The normalized spacial score (nSPS) is 18.5. The molecule has 46 heavy (non-hydrogen) atoms. The van der Waals surface area contributed by atoms with Gasteiger partial charge in [0.1, 0.15) is 17.1 Å². The van der Waals surface area contributed by atoms with Crippen LogP contribution in [0.5, 0.6) is 0 Å². The summed E-state index contributed by atoms with van der Waals surface area (Å²) < 4.78 is 44.2. The second kappa shape index (κ2) is 13.0. The quantitative estimate of drug-likeness (QED) is 0.235. The van der Waals surface area contributed by atoms with E-state index in [9.17, 15) is 17.6 Å². The molecular formula is C35H37ClFN5O3S. The Bertz CT molecular complexity index is 1890. The maximum atomic E-state index is 14.4. The predicted molar refractivity (Wildman–Crippen MR) is 182 cm³/mol. The Balaban J connectivity index is 1.29. The van der Waals surface area contributed by atoms with E-state index >= 15 is 0 Å². The van der Waals surface area contributed by atoms with Crippen LogP contribution in [-0.2, 0) is 14.8 Å². The minimum Gasteiger partial charge on any atom is -0.368 e. The first-order chi connectivity index (χ1) is 22.1. The van der Waals surface area contributed by atoms with Gasteiger partial charge >= 0.3 is 0 Å². The average molecular weight is 662 g/mol. The standard InChI is InChI=1S/C35H37ClFN5O3S/c1-4-33(29-9-5-7-26-8-6-14-38-34(26)29)46(44,45)41-19-20-42(30-13-12-28(37)21-25(30)3)32(23-41)35(43)40-17-15-39(16-18-40)31-22-27(36)11-10-24(31)2/h4-14,21-22,32-33H,1,15-20,23H2,2-3H3. The largest absolute Gasteiger partial charge is 0.368 e. The number of aromatic nitrogens is 1. The number of carbonyl (C=O) groups is 1. The molecule has 11 heteroatoms. The zero-order valence-corrected chi connectivity index (χ0v) is 27.5. The van der Waals surface area contributed by atoms with Crippen LogP contribution < -0.4 is 9.80 Å². The van der Waals surface area contributed by atoms with Crippen molar-refractivity contribution in [1.29, 1.82) is 0 Å². The second-order valence-electron chi connectivity index (χ2n) is 11.9. The van der Waals surface area contributed by atoms with Crippen LogP contribution in [0.2, 0.25) is 5.02 Å². The second-order valence-corrected chi connectivity index (χ2v) is 14.4. The highest BCUT2D eigenvalue weighted by molar-refractivity contribution is 7.89. The molecule has 0 saturated carbocycles. The van der Waals surface area contributed by atoms with Gasteiger partial charge in [0, 0.05) is 79.4 Å². The van der Waals surface area contributed by atoms with Crippen molar-refractivity contribution in [3.63, 3.8) is 0 Å². The molecule has 0 N–H and O–H groups in total. The van der Waals surface area contributed by atoms with Crippen molar-refractivity contribution < 1.29 is 17.6 Å². The summed E-state index contributed by atoms with van der Waals surface area (Å²) in [6.07, 6.45) is 3.08. The van der Waals surface area contributed by atoms with Crippen LogP contribution in [-0.4, -0.2) is 80.4 Å². The van der Waals surface area contributed by atoms with Crippen LogP contribution in [0.4, 0.5) is 15.8 Å². The molecule has 2 saturated heterocycles. The van der Waals surface area contributed by atoms with E-state index < -0.39 is 21.3 Å². The lowest BCUT2D eigenvalue weighted by atomic mass is 10.1. The average Bonchev–Trinajstić information content (AvgIpc) is 3.06. The number of pyridine rings is 1. The smallest absolute Gasteiger partial charge is 0.246 e. The maximum absolute atomic E-state index is 14.4. The number of piperazine rings is 2. The van der Waals surface area contributed by atoms with Crippen molar-refractivity contribution >= 4 is 49.8 Å². The number of fused-ring (bicyclic) bond motifs is 1. The molecule has 240 valence electrons. The number of amides is 1. The summed E-state index contributed by atoms with van der Waals surface area (Å²) in [5, 5.41) is 0.439. The van der Waals surface area contributed by atoms with Gasteiger partial charge in [-0.3, -0.25) is 9.78 Å². The lowest BCUT2D eigenvalue weighted by Crippen LogP contribution is -2.63. The van der Waals surface area contributed by atoms with Gasteiger partial charge in [-0.2, -0.15) is 4.31 Å². The lowest BCUT2D eigenvalue weighted by molar-refractivity contribution is -0.133. The number of rotatable bonds is 7. The van der Waals surface area contributed by atoms with Gasteiger partial charge in [-0.05, 0) is 61.4 Å². The highest BCUT2D eigenvalue weighted by atomic mass is 35.5. The van der Waals surface area contributed by atoms with E-state index in [2.05, 4.69) is 16.5 Å². The molecule has 0 spiro atoms. The molecule has 2 fully saturated rings. The molecule has 0 bridgehead atoms. The van der Waals surface area contributed by atoms with E-state index in [1.54, 1.807) is 25.3 Å². The number of benzene rings is 3.